The first kappa shape index (κ1) is 16.3. The van der Waals surface area contributed by atoms with Gasteiger partial charge in [-0.25, -0.2) is 4.98 Å². The Bertz CT molecular complexity index is 830. The molecule has 0 aliphatic heterocycles. The summed E-state index contributed by atoms with van der Waals surface area (Å²) in [5, 5.41) is 4.68. The molecule has 1 aromatic heterocycles. The zero-order chi connectivity index (χ0) is 16.2. The van der Waals surface area contributed by atoms with Crippen molar-refractivity contribution in [2.75, 3.05) is 11.1 Å². The van der Waals surface area contributed by atoms with E-state index >= 15 is 0 Å². The molecule has 0 aliphatic carbocycles. The number of nitrogens with zero attached hydrogens (tertiary/aromatic N) is 1. The summed E-state index contributed by atoms with van der Waals surface area (Å²) in [6, 6.07) is 13.5. The average Bonchev–Trinajstić information content (AvgIpc) is 2.88. The third-order valence-electron chi connectivity index (χ3n) is 3.19. The molecule has 0 bridgehead atoms. The molecule has 0 aliphatic rings. The van der Waals surface area contributed by atoms with E-state index in [1.807, 2.05) is 49.4 Å². The number of thiazole rings is 1. The highest BCUT2D eigenvalue weighted by molar-refractivity contribution is 7.99. The Morgan fingerprint density at radius 1 is 1.26 bits per heavy atom. The van der Waals surface area contributed by atoms with Gasteiger partial charge in [-0.15, -0.1) is 23.1 Å². The molecular formula is C17H15ClN2OS2. The minimum Gasteiger partial charge on any atom is -0.326 e. The number of halogens is 1. The van der Waals surface area contributed by atoms with Crippen LogP contribution in [0.1, 0.15) is 11.4 Å². The second-order valence-corrected chi connectivity index (χ2v) is 7.86. The minimum atomic E-state index is 0.0118. The first-order chi connectivity index (χ1) is 11.1. The van der Waals surface area contributed by atoms with Gasteiger partial charge in [-0.1, -0.05) is 11.6 Å². The lowest BCUT2D eigenvalue weighted by Gasteiger charge is -2.05. The molecule has 0 atom stereocenters. The van der Waals surface area contributed by atoms with Gasteiger partial charge in [0.15, 0.2) is 0 Å². The monoisotopic (exact) mass is 362 g/mol. The van der Waals surface area contributed by atoms with E-state index in [9.17, 15) is 4.79 Å². The third kappa shape index (κ3) is 4.47. The molecular weight excluding hydrogens is 348 g/mol. The lowest BCUT2D eigenvalue weighted by atomic mass is 10.3. The topological polar surface area (TPSA) is 42.0 Å². The molecule has 3 aromatic rings. The van der Waals surface area contributed by atoms with Gasteiger partial charge in [0.2, 0.25) is 5.91 Å². The predicted octanol–water partition coefficient (Wildman–Crippen LogP) is 5.38. The Labute approximate surface area is 148 Å². The standard InChI is InChI=1S/C17H15ClN2OS2/c1-11-19-15-10-13(4-7-16(15)23-11)20-17(21)8-9-22-14-5-2-12(18)3-6-14/h2-7,10H,8-9H2,1H3,(H,20,21). The van der Waals surface area contributed by atoms with Crippen molar-refractivity contribution in [3.63, 3.8) is 0 Å². The van der Waals surface area contributed by atoms with E-state index in [4.69, 9.17) is 11.6 Å². The Balaban J connectivity index is 1.52. The number of nitrogens with one attached hydrogen (secondary N) is 1. The van der Waals surface area contributed by atoms with E-state index in [0.717, 1.165) is 36.6 Å². The highest BCUT2D eigenvalue weighted by atomic mass is 35.5. The molecule has 0 unspecified atom stereocenters. The van der Waals surface area contributed by atoms with Gasteiger partial charge >= 0.3 is 0 Å². The third-order valence-corrected chi connectivity index (χ3v) is 5.41. The number of rotatable bonds is 5. The first-order valence-electron chi connectivity index (χ1n) is 7.15. The fraction of sp³-hybridized carbons (Fsp3) is 0.176. The van der Waals surface area contributed by atoms with Gasteiger partial charge in [-0.05, 0) is 49.4 Å². The maximum absolute atomic E-state index is 12.0. The molecule has 23 heavy (non-hydrogen) atoms. The van der Waals surface area contributed by atoms with Gasteiger partial charge in [0, 0.05) is 27.8 Å². The van der Waals surface area contributed by atoms with E-state index in [0.29, 0.717) is 6.42 Å². The summed E-state index contributed by atoms with van der Waals surface area (Å²) in [6.45, 7) is 1.98. The van der Waals surface area contributed by atoms with Crippen LogP contribution in [0.15, 0.2) is 47.4 Å². The van der Waals surface area contributed by atoms with Crippen molar-refractivity contribution >= 4 is 56.5 Å². The molecule has 0 radical (unpaired) electrons. The van der Waals surface area contributed by atoms with E-state index < -0.39 is 0 Å². The van der Waals surface area contributed by atoms with Crippen molar-refractivity contribution in [2.24, 2.45) is 0 Å². The number of hydrogen-bond acceptors (Lipinski definition) is 4. The molecule has 3 nitrogen and oxygen atoms in total. The highest BCUT2D eigenvalue weighted by Crippen LogP contribution is 2.25. The second kappa shape index (κ2) is 7.34. The molecule has 118 valence electrons. The van der Waals surface area contributed by atoms with Crippen molar-refractivity contribution in [2.45, 2.75) is 18.2 Å². The summed E-state index contributed by atoms with van der Waals surface area (Å²) in [5.74, 6) is 0.740. The Kier molecular flexibility index (Phi) is 5.20. The minimum absolute atomic E-state index is 0.0118. The average molecular weight is 363 g/mol. The summed E-state index contributed by atoms with van der Waals surface area (Å²) >= 11 is 9.15. The molecule has 6 heteroatoms. The van der Waals surface area contributed by atoms with Gasteiger partial charge in [-0.2, -0.15) is 0 Å². The number of hydrogen-bond donors (Lipinski definition) is 1. The molecule has 2 aromatic carbocycles. The Morgan fingerprint density at radius 3 is 2.83 bits per heavy atom. The number of amides is 1. The van der Waals surface area contributed by atoms with E-state index in [1.54, 1.807) is 23.1 Å². The van der Waals surface area contributed by atoms with Gasteiger partial charge in [0.25, 0.3) is 0 Å². The fourth-order valence-corrected chi connectivity index (χ4v) is 3.92. The molecule has 1 amide bonds. The summed E-state index contributed by atoms with van der Waals surface area (Å²) in [4.78, 5) is 17.6. The summed E-state index contributed by atoms with van der Waals surface area (Å²) in [6.07, 6.45) is 0.460. The van der Waals surface area contributed by atoms with Crippen molar-refractivity contribution in [3.8, 4) is 0 Å². The SMILES string of the molecule is Cc1nc2cc(NC(=O)CCSc3ccc(Cl)cc3)ccc2s1. The van der Waals surface area contributed by atoms with Crippen LogP contribution in [-0.4, -0.2) is 16.6 Å². The number of carbonyl (C=O) groups is 1. The van der Waals surface area contributed by atoms with Gasteiger partial charge < -0.3 is 5.32 Å². The van der Waals surface area contributed by atoms with Crippen LogP contribution in [0.2, 0.25) is 5.02 Å². The van der Waals surface area contributed by atoms with Crippen LogP contribution in [0.3, 0.4) is 0 Å². The molecule has 1 heterocycles. The normalized spacial score (nSPS) is 10.9. The Hall–Kier alpha value is -1.56. The van der Waals surface area contributed by atoms with Crippen LogP contribution in [0.4, 0.5) is 5.69 Å². The fourth-order valence-electron chi connectivity index (χ4n) is 2.14. The molecule has 1 N–H and O–H groups in total. The zero-order valence-corrected chi connectivity index (χ0v) is 14.9. The smallest absolute Gasteiger partial charge is 0.225 e. The number of benzene rings is 2. The van der Waals surface area contributed by atoms with Crippen LogP contribution < -0.4 is 5.32 Å². The van der Waals surface area contributed by atoms with Crippen LogP contribution in [0.5, 0.6) is 0 Å². The number of aromatic nitrogens is 1. The predicted molar refractivity (Wildman–Crippen MR) is 99.8 cm³/mol. The molecule has 3 rings (SSSR count). The van der Waals surface area contributed by atoms with Crippen LogP contribution in [-0.2, 0) is 4.79 Å². The Morgan fingerprint density at radius 2 is 2.04 bits per heavy atom. The highest BCUT2D eigenvalue weighted by Gasteiger charge is 2.06. The second-order valence-electron chi connectivity index (χ2n) is 5.02. The summed E-state index contributed by atoms with van der Waals surface area (Å²) < 4.78 is 1.14. The quantitative estimate of drug-likeness (QED) is 0.619. The van der Waals surface area contributed by atoms with Crippen LogP contribution in [0.25, 0.3) is 10.2 Å². The maximum Gasteiger partial charge on any atom is 0.225 e. The molecule has 0 saturated carbocycles. The van der Waals surface area contributed by atoms with Crippen molar-refractivity contribution in [1.29, 1.82) is 0 Å². The number of carbonyl (C=O) groups excluding carboxylic acids is 1. The van der Waals surface area contributed by atoms with Crippen molar-refractivity contribution in [1.82, 2.24) is 4.98 Å². The van der Waals surface area contributed by atoms with Crippen LogP contribution >= 0.6 is 34.7 Å². The molecule has 0 fully saturated rings. The van der Waals surface area contributed by atoms with Crippen LogP contribution in [0, 0.1) is 6.92 Å². The zero-order valence-electron chi connectivity index (χ0n) is 12.5. The lowest BCUT2D eigenvalue weighted by molar-refractivity contribution is -0.115. The van der Waals surface area contributed by atoms with Gasteiger partial charge in [-0.3, -0.25) is 4.79 Å². The van der Waals surface area contributed by atoms with Gasteiger partial charge in [0.05, 0.1) is 15.2 Å². The number of aryl methyl sites for hydroxylation is 1. The largest absolute Gasteiger partial charge is 0.326 e. The molecule has 0 spiro atoms. The number of fused-ring (bicyclic) bond motifs is 1. The summed E-state index contributed by atoms with van der Waals surface area (Å²) in [7, 11) is 0. The van der Waals surface area contributed by atoms with E-state index in [1.165, 1.54) is 0 Å². The maximum atomic E-state index is 12.0. The van der Waals surface area contributed by atoms with Crippen molar-refractivity contribution in [3.05, 3.63) is 52.5 Å². The van der Waals surface area contributed by atoms with Crippen molar-refractivity contribution < 1.29 is 4.79 Å². The first-order valence-corrected chi connectivity index (χ1v) is 9.33. The number of thioether (sulfide) groups is 1. The lowest BCUT2D eigenvalue weighted by Crippen LogP contribution is -2.12. The summed E-state index contributed by atoms with van der Waals surface area (Å²) in [5.41, 5.74) is 1.73. The number of anilines is 1. The van der Waals surface area contributed by atoms with E-state index in [2.05, 4.69) is 10.3 Å². The molecule has 0 saturated heterocycles. The van der Waals surface area contributed by atoms with E-state index in [-0.39, 0.29) is 5.91 Å². The van der Waals surface area contributed by atoms with Gasteiger partial charge in [0.1, 0.15) is 0 Å².